The van der Waals surface area contributed by atoms with Crippen LogP contribution in [0.15, 0.2) is 0 Å². The quantitative estimate of drug-likeness (QED) is 0.532. The first-order valence-electron chi connectivity index (χ1n) is 3.74. The molecule has 0 unspecified atom stereocenters. The second-order valence-electron chi connectivity index (χ2n) is 2.27. The van der Waals surface area contributed by atoms with Gasteiger partial charge in [0.2, 0.25) is 5.78 Å². The Labute approximate surface area is 86.4 Å². The maximum atomic E-state index is 11.2. The molecule has 0 bridgehead atoms. The van der Waals surface area contributed by atoms with E-state index in [9.17, 15) is 35.9 Å². The van der Waals surface area contributed by atoms with Gasteiger partial charge in [-0.3, -0.25) is 4.79 Å². The molecule has 9 heteroatoms. The Bertz CT molecular complexity index is 241. The third kappa shape index (κ3) is 9.28. The van der Waals surface area contributed by atoms with E-state index in [0.29, 0.717) is 6.92 Å². The van der Waals surface area contributed by atoms with Gasteiger partial charge in [-0.2, -0.15) is 26.3 Å². The lowest BCUT2D eigenvalue weighted by atomic mass is 10.5. The number of hydrogen-bond donors (Lipinski definition) is 0. The molecule has 0 fully saturated rings. The monoisotopic (exact) mass is 254 g/mol. The second-order valence-corrected chi connectivity index (χ2v) is 2.27. The Morgan fingerprint density at radius 3 is 1.38 bits per heavy atom. The van der Waals surface area contributed by atoms with Crippen molar-refractivity contribution in [2.45, 2.75) is 26.2 Å². The van der Waals surface area contributed by atoms with Crippen LogP contribution in [0.4, 0.5) is 26.3 Å². The number of Topliss-reactive ketones (excluding diaryl/α,β-unsaturated/α-hetero) is 1. The highest BCUT2D eigenvalue weighted by atomic mass is 19.4. The van der Waals surface area contributed by atoms with Crippen LogP contribution in [-0.2, 0) is 14.3 Å². The summed E-state index contributed by atoms with van der Waals surface area (Å²) >= 11 is 0. The van der Waals surface area contributed by atoms with Gasteiger partial charge in [-0.25, -0.2) is 4.79 Å². The molecular weight excluding hydrogens is 246 g/mol. The minimum absolute atomic E-state index is 0.252. The molecule has 96 valence electrons. The number of rotatable bonds is 1. The molecule has 0 heterocycles. The topological polar surface area (TPSA) is 43.4 Å². The Hall–Kier alpha value is -1.28. The van der Waals surface area contributed by atoms with E-state index < -0.39 is 24.1 Å². The average Bonchev–Trinajstić information content (AvgIpc) is 2.02. The molecule has 0 aromatic carbocycles. The van der Waals surface area contributed by atoms with E-state index in [1.165, 1.54) is 6.92 Å². The van der Waals surface area contributed by atoms with E-state index in [0.717, 1.165) is 0 Å². The molecule has 3 nitrogen and oxygen atoms in total. The van der Waals surface area contributed by atoms with Crippen LogP contribution >= 0.6 is 0 Å². The van der Waals surface area contributed by atoms with Crippen LogP contribution < -0.4 is 0 Å². The summed E-state index contributed by atoms with van der Waals surface area (Å²) < 4.78 is 69.6. The van der Waals surface area contributed by atoms with Gasteiger partial charge < -0.3 is 4.74 Å². The van der Waals surface area contributed by atoms with Crippen LogP contribution in [0, 0.1) is 0 Å². The van der Waals surface area contributed by atoms with Crippen molar-refractivity contribution in [1.29, 1.82) is 0 Å². The van der Waals surface area contributed by atoms with Crippen LogP contribution in [0.25, 0.3) is 0 Å². The third-order valence-corrected chi connectivity index (χ3v) is 0.906. The summed E-state index contributed by atoms with van der Waals surface area (Å²) in [7, 11) is 0. The SMILES string of the molecule is CC(=O)C(F)(F)F.CCOC(=O)C(F)(F)F. The van der Waals surface area contributed by atoms with Crippen LogP contribution in [0.2, 0.25) is 0 Å². The maximum absolute atomic E-state index is 11.2. The molecule has 0 aliphatic rings. The van der Waals surface area contributed by atoms with Crippen molar-refractivity contribution >= 4 is 11.8 Å². The van der Waals surface area contributed by atoms with Gasteiger partial charge in [-0.05, 0) is 6.92 Å². The van der Waals surface area contributed by atoms with Crippen LogP contribution in [-0.4, -0.2) is 30.7 Å². The lowest BCUT2D eigenvalue weighted by Crippen LogP contribution is -2.25. The van der Waals surface area contributed by atoms with Crippen molar-refractivity contribution in [3.8, 4) is 0 Å². The van der Waals surface area contributed by atoms with Gasteiger partial charge in [0.15, 0.2) is 0 Å². The predicted molar refractivity (Wildman–Crippen MR) is 39.4 cm³/mol. The summed E-state index contributed by atoms with van der Waals surface area (Å²) in [6, 6.07) is 0. The number of carbonyl (C=O) groups is 2. The zero-order chi connectivity index (χ0) is 13.6. The predicted octanol–water partition coefficient (Wildman–Crippen LogP) is 2.25. The number of hydrogen-bond acceptors (Lipinski definition) is 3. The van der Waals surface area contributed by atoms with E-state index in [1.54, 1.807) is 0 Å². The number of carbonyl (C=O) groups excluding carboxylic acids is 2. The van der Waals surface area contributed by atoms with Crippen LogP contribution in [0.3, 0.4) is 0 Å². The minimum Gasteiger partial charge on any atom is -0.459 e. The Morgan fingerprint density at radius 1 is 1.00 bits per heavy atom. The van der Waals surface area contributed by atoms with E-state index >= 15 is 0 Å². The zero-order valence-electron chi connectivity index (χ0n) is 8.20. The molecule has 0 amide bonds. The molecule has 0 aromatic rings. The number of ether oxygens (including phenoxy) is 1. The first kappa shape index (κ1) is 17.1. The molecule has 0 aromatic heterocycles. The number of halogens is 6. The minimum atomic E-state index is -4.85. The van der Waals surface area contributed by atoms with Crippen molar-refractivity contribution in [2.24, 2.45) is 0 Å². The molecule has 0 spiro atoms. The highest BCUT2D eigenvalue weighted by molar-refractivity contribution is 5.81. The van der Waals surface area contributed by atoms with Gasteiger partial charge >= 0.3 is 18.3 Å². The van der Waals surface area contributed by atoms with Gasteiger partial charge in [-0.15, -0.1) is 0 Å². The van der Waals surface area contributed by atoms with E-state index in [-0.39, 0.29) is 6.61 Å². The van der Waals surface area contributed by atoms with Crippen molar-refractivity contribution in [3.05, 3.63) is 0 Å². The normalized spacial score (nSPS) is 11.2. The third-order valence-electron chi connectivity index (χ3n) is 0.906. The van der Waals surface area contributed by atoms with Gasteiger partial charge in [-0.1, -0.05) is 0 Å². The largest absolute Gasteiger partial charge is 0.490 e. The summed E-state index contributed by atoms with van der Waals surface area (Å²) in [5.74, 6) is -3.89. The van der Waals surface area contributed by atoms with Crippen molar-refractivity contribution < 1.29 is 40.7 Å². The standard InChI is InChI=1S/C4H5F3O2.C3H3F3O/c1-2-9-3(8)4(5,6)7;1-2(7)3(4,5)6/h2H2,1H3;1H3. The highest BCUT2D eigenvalue weighted by Gasteiger charge is 2.40. The zero-order valence-corrected chi connectivity index (χ0v) is 8.20. The highest BCUT2D eigenvalue weighted by Crippen LogP contribution is 2.16. The molecule has 0 radical (unpaired) electrons. The second kappa shape index (κ2) is 6.33. The number of ketones is 1. The molecule has 0 rings (SSSR count). The van der Waals surface area contributed by atoms with Gasteiger partial charge in [0.25, 0.3) is 0 Å². The molecule has 0 saturated carbocycles. The fourth-order valence-corrected chi connectivity index (χ4v) is 0.213. The summed E-state index contributed by atoms with van der Waals surface area (Å²) in [6.07, 6.45) is -9.49. The summed E-state index contributed by atoms with van der Waals surface area (Å²) in [5.41, 5.74) is 0. The van der Waals surface area contributed by atoms with Gasteiger partial charge in [0.1, 0.15) is 0 Å². The Kier molecular flexibility index (Phi) is 6.78. The fourth-order valence-electron chi connectivity index (χ4n) is 0.213. The van der Waals surface area contributed by atoms with Gasteiger partial charge in [0.05, 0.1) is 6.61 Å². The lowest BCUT2D eigenvalue weighted by molar-refractivity contribution is -0.199. The van der Waals surface area contributed by atoms with Crippen LogP contribution in [0.1, 0.15) is 13.8 Å². The van der Waals surface area contributed by atoms with Crippen molar-refractivity contribution in [3.63, 3.8) is 0 Å². The smallest absolute Gasteiger partial charge is 0.459 e. The molecule has 0 aliphatic carbocycles. The lowest BCUT2D eigenvalue weighted by Gasteiger charge is -2.02. The first-order chi connectivity index (χ1) is 6.92. The van der Waals surface area contributed by atoms with E-state index in [1.807, 2.05) is 0 Å². The fraction of sp³-hybridized carbons (Fsp3) is 0.714. The number of alkyl halides is 6. The molecule has 0 aliphatic heterocycles. The Balaban J connectivity index is 0. The molecule has 0 N–H and O–H groups in total. The summed E-state index contributed by atoms with van der Waals surface area (Å²) in [5, 5.41) is 0. The average molecular weight is 254 g/mol. The van der Waals surface area contributed by atoms with E-state index in [2.05, 4.69) is 4.74 Å². The molecular formula is C7H8F6O3. The summed E-state index contributed by atoms with van der Waals surface area (Å²) in [4.78, 5) is 19.1. The molecule has 0 atom stereocenters. The van der Waals surface area contributed by atoms with Gasteiger partial charge in [0, 0.05) is 6.92 Å². The first-order valence-corrected chi connectivity index (χ1v) is 3.74. The Morgan fingerprint density at radius 2 is 1.31 bits per heavy atom. The maximum Gasteiger partial charge on any atom is 0.490 e. The number of esters is 1. The van der Waals surface area contributed by atoms with Crippen molar-refractivity contribution in [2.75, 3.05) is 6.61 Å². The van der Waals surface area contributed by atoms with E-state index in [4.69, 9.17) is 0 Å². The van der Waals surface area contributed by atoms with Crippen molar-refractivity contribution in [1.82, 2.24) is 0 Å². The molecule has 0 saturated heterocycles. The molecule has 16 heavy (non-hydrogen) atoms. The summed E-state index contributed by atoms with van der Waals surface area (Å²) in [6.45, 7) is 1.54. The van der Waals surface area contributed by atoms with Crippen LogP contribution in [0.5, 0.6) is 0 Å².